The third kappa shape index (κ3) is 2.65. The zero-order chi connectivity index (χ0) is 12.4. The molecule has 92 valence electrons. The van der Waals surface area contributed by atoms with Crippen molar-refractivity contribution in [1.29, 1.82) is 0 Å². The van der Waals surface area contributed by atoms with Crippen LogP contribution in [0.2, 0.25) is 0 Å². The minimum Gasteiger partial charge on any atom is -0.367 e. The molecule has 1 heterocycles. The summed E-state index contributed by atoms with van der Waals surface area (Å²) in [5.74, 6) is 0.536. The normalized spacial score (nSPS) is 21.1. The van der Waals surface area contributed by atoms with Crippen molar-refractivity contribution in [3.8, 4) is 0 Å². The molecular weight excluding hydrogens is 217 g/mol. The number of hydrogen-bond acceptors (Lipinski definition) is 2. The van der Waals surface area contributed by atoms with Gasteiger partial charge in [-0.3, -0.25) is 4.79 Å². The first-order valence-electron chi connectivity index (χ1n) is 6.12. The van der Waals surface area contributed by atoms with E-state index < -0.39 is 0 Å². The molecule has 1 saturated heterocycles. The third-order valence-electron chi connectivity index (χ3n) is 3.40. The Morgan fingerprint density at radius 2 is 1.94 bits per heavy atom. The first kappa shape index (κ1) is 12.1. The fourth-order valence-corrected chi connectivity index (χ4v) is 2.41. The largest absolute Gasteiger partial charge is 0.367 e. The smallest absolute Gasteiger partial charge is 0.136 e. The van der Waals surface area contributed by atoms with E-state index in [2.05, 4.69) is 18.7 Å². The Labute approximate surface area is 101 Å². The number of ketones is 1. The quantitative estimate of drug-likeness (QED) is 0.785. The molecule has 0 aromatic heterocycles. The van der Waals surface area contributed by atoms with Crippen molar-refractivity contribution in [3.63, 3.8) is 0 Å². The van der Waals surface area contributed by atoms with Crippen molar-refractivity contribution >= 4 is 11.5 Å². The second-order valence-corrected chi connectivity index (χ2v) is 4.97. The number of benzene rings is 1. The zero-order valence-corrected chi connectivity index (χ0v) is 10.3. The lowest BCUT2D eigenvalue weighted by Crippen LogP contribution is -2.45. The predicted molar refractivity (Wildman–Crippen MR) is 66.6 cm³/mol. The lowest BCUT2D eigenvalue weighted by molar-refractivity contribution is -0.120. The lowest BCUT2D eigenvalue weighted by Gasteiger charge is -2.39. The Morgan fingerprint density at radius 3 is 2.53 bits per heavy atom. The van der Waals surface area contributed by atoms with Crippen molar-refractivity contribution in [1.82, 2.24) is 0 Å². The van der Waals surface area contributed by atoms with E-state index in [9.17, 15) is 9.18 Å². The van der Waals surface area contributed by atoms with Gasteiger partial charge >= 0.3 is 0 Å². The summed E-state index contributed by atoms with van der Waals surface area (Å²) in [6, 6.07) is 6.77. The van der Waals surface area contributed by atoms with Crippen molar-refractivity contribution in [2.24, 2.45) is 5.92 Å². The first-order valence-corrected chi connectivity index (χ1v) is 6.12. The molecular formula is C14H18FNO. The summed E-state index contributed by atoms with van der Waals surface area (Å²) in [4.78, 5) is 13.7. The van der Waals surface area contributed by atoms with E-state index >= 15 is 0 Å². The van der Waals surface area contributed by atoms with Gasteiger partial charge in [0.1, 0.15) is 11.6 Å². The maximum atomic E-state index is 12.9. The molecule has 0 N–H and O–H groups in total. The Bertz CT molecular complexity index is 399. The van der Waals surface area contributed by atoms with Gasteiger partial charge in [0.2, 0.25) is 0 Å². The van der Waals surface area contributed by atoms with Crippen LogP contribution in [-0.2, 0) is 4.79 Å². The second kappa shape index (κ2) is 4.86. The predicted octanol–water partition coefficient (Wildman–Crippen LogP) is 3.02. The maximum absolute atomic E-state index is 12.9. The Morgan fingerprint density at radius 1 is 1.29 bits per heavy atom. The van der Waals surface area contributed by atoms with Gasteiger partial charge in [0.05, 0.1) is 0 Å². The topological polar surface area (TPSA) is 20.3 Å². The molecule has 0 radical (unpaired) electrons. The van der Waals surface area contributed by atoms with E-state index in [1.165, 1.54) is 12.1 Å². The van der Waals surface area contributed by atoms with Crippen LogP contribution in [0.3, 0.4) is 0 Å². The molecule has 0 bridgehead atoms. The van der Waals surface area contributed by atoms with Crippen LogP contribution in [0.1, 0.15) is 26.7 Å². The molecule has 0 amide bonds. The van der Waals surface area contributed by atoms with E-state index in [-0.39, 0.29) is 11.9 Å². The van der Waals surface area contributed by atoms with E-state index in [0.29, 0.717) is 24.5 Å². The van der Waals surface area contributed by atoms with Gasteiger partial charge in [-0.15, -0.1) is 0 Å². The van der Waals surface area contributed by atoms with Crippen LogP contribution in [-0.4, -0.2) is 18.4 Å². The Balaban J connectivity index is 2.23. The van der Waals surface area contributed by atoms with Gasteiger partial charge in [0.25, 0.3) is 0 Å². The average Bonchev–Trinajstić information content (AvgIpc) is 2.30. The van der Waals surface area contributed by atoms with Crippen LogP contribution >= 0.6 is 0 Å². The highest BCUT2D eigenvalue weighted by Gasteiger charge is 2.29. The number of piperidine rings is 1. The van der Waals surface area contributed by atoms with E-state index in [4.69, 9.17) is 0 Å². The third-order valence-corrected chi connectivity index (χ3v) is 3.40. The second-order valence-electron chi connectivity index (χ2n) is 4.97. The number of halogens is 1. The Hall–Kier alpha value is -1.38. The van der Waals surface area contributed by atoms with Gasteiger partial charge < -0.3 is 4.90 Å². The van der Waals surface area contributed by atoms with Gasteiger partial charge in [-0.05, 0) is 30.2 Å². The SMILES string of the molecule is CC(C)C1CC(=O)CCN1c1ccc(F)cc1. The molecule has 17 heavy (non-hydrogen) atoms. The summed E-state index contributed by atoms with van der Waals surface area (Å²) in [5.41, 5.74) is 1.01. The molecule has 2 nitrogen and oxygen atoms in total. The summed E-state index contributed by atoms with van der Waals surface area (Å²) in [5, 5.41) is 0. The molecule has 1 aliphatic rings. The number of carbonyl (C=O) groups is 1. The number of carbonyl (C=O) groups excluding carboxylic acids is 1. The highest BCUT2D eigenvalue weighted by Crippen LogP contribution is 2.27. The summed E-state index contributed by atoms with van der Waals surface area (Å²) >= 11 is 0. The molecule has 3 heteroatoms. The molecule has 2 rings (SSSR count). The average molecular weight is 235 g/mol. The number of anilines is 1. The zero-order valence-electron chi connectivity index (χ0n) is 10.3. The van der Waals surface area contributed by atoms with Gasteiger partial charge in [-0.1, -0.05) is 13.8 Å². The molecule has 1 aliphatic heterocycles. The van der Waals surface area contributed by atoms with Crippen LogP contribution in [0.25, 0.3) is 0 Å². The maximum Gasteiger partial charge on any atom is 0.136 e. The van der Waals surface area contributed by atoms with E-state index in [0.717, 1.165) is 12.2 Å². The molecule has 1 aromatic rings. The Kier molecular flexibility index (Phi) is 3.46. The fraction of sp³-hybridized carbons (Fsp3) is 0.500. The molecule has 0 saturated carbocycles. The number of rotatable bonds is 2. The van der Waals surface area contributed by atoms with Crippen molar-refractivity contribution in [2.45, 2.75) is 32.7 Å². The van der Waals surface area contributed by atoms with Crippen LogP contribution in [0.4, 0.5) is 10.1 Å². The molecule has 0 spiro atoms. The van der Waals surface area contributed by atoms with Gasteiger partial charge in [-0.25, -0.2) is 4.39 Å². The number of nitrogens with zero attached hydrogens (tertiary/aromatic N) is 1. The van der Waals surface area contributed by atoms with Crippen LogP contribution < -0.4 is 4.90 Å². The molecule has 1 atom stereocenters. The van der Waals surface area contributed by atoms with Crippen LogP contribution in [0.15, 0.2) is 24.3 Å². The summed E-state index contributed by atoms with van der Waals surface area (Å²) in [6.07, 6.45) is 1.20. The highest BCUT2D eigenvalue weighted by atomic mass is 19.1. The van der Waals surface area contributed by atoms with Crippen LogP contribution in [0, 0.1) is 11.7 Å². The highest BCUT2D eigenvalue weighted by molar-refractivity contribution is 5.81. The molecule has 1 unspecified atom stereocenters. The monoisotopic (exact) mass is 235 g/mol. The van der Waals surface area contributed by atoms with E-state index in [1.54, 1.807) is 12.1 Å². The van der Waals surface area contributed by atoms with Gasteiger partial charge in [0, 0.05) is 31.1 Å². The number of Topliss-reactive ketones (excluding diaryl/α,β-unsaturated/α-hetero) is 1. The lowest BCUT2D eigenvalue weighted by atomic mass is 9.91. The standard InChI is InChI=1S/C14H18FNO/c1-10(2)14-9-13(17)7-8-16(14)12-5-3-11(15)4-6-12/h3-6,10,14H,7-9H2,1-2H3. The van der Waals surface area contributed by atoms with Gasteiger partial charge in [-0.2, -0.15) is 0 Å². The minimum absolute atomic E-state index is 0.220. The summed E-state index contributed by atoms with van der Waals surface area (Å²) in [6.45, 7) is 4.99. The van der Waals surface area contributed by atoms with Crippen LogP contribution in [0.5, 0.6) is 0 Å². The molecule has 1 aromatic carbocycles. The minimum atomic E-state index is -0.220. The van der Waals surface area contributed by atoms with Crippen molar-refractivity contribution in [2.75, 3.05) is 11.4 Å². The first-order chi connectivity index (χ1) is 8.08. The van der Waals surface area contributed by atoms with Crippen molar-refractivity contribution < 1.29 is 9.18 Å². The molecule has 1 fully saturated rings. The van der Waals surface area contributed by atoms with E-state index in [1.807, 2.05) is 0 Å². The molecule has 0 aliphatic carbocycles. The summed E-state index contributed by atoms with van der Waals surface area (Å²) < 4.78 is 12.9. The number of hydrogen-bond donors (Lipinski definition) is 0. The van der Waals surface area contributed by atoms with Crippen molar-refractivity contribution in [3.05, 3.63) is 30.1 Å². The fourth-order valence-electron chi connectivity index (χ4n) is 2.41. The van der Waals surface area contributed by atoms with Gasteiger partial charge in [0.15, 0.2) is 0 Å². The summed E-state index contributed by atoms with van der Waals surface area (Å²) in [7, 11) is 0.